The van der Waals surface area contributed by atoms with Crippen LogP contribution in [0.5, 0.6) is 0 Å². The van der Waals surface area contributed by atoms with Crippen molar-refractivity contribution in [3.63, 3.8) is 0 Å². The summed E-state index contributed by atoms with van der Waals surface area (Å²) < 4.78 is 5.05. The molecule has 0 bridgehead atoms. The third-order valence-electron chi connectivity index (χ3n) is 1.09. The molecular formula is C5H10N2O. The molecule has 4 N–H and O–H groups in total. The number of nitrogens with two attached hydrogens (primary N) is 2. The van der Waals surface area contributed by atoms with E-state index in [9.17, 15) is 0 Å². The van der Waals surface area contributed by atoms with E-state index in [-0.39, 0.29) is 12.3 Å². The molecule has 1 aliphatic rings. The molecule has 0 spiro atoms. The average molecular weight is 114 g/mol. The van der Waals surface area contributed by atoms with Crippen molar-refractivity contribution in [2.75, 3.05) is 6.61 Å². The van der Waals surface area contributed by atoms with E-state index in [0.29, 0.717) is 6.61 Å². The summed E-state index contributed by atoms with van der Waals surface area (Å²) in [6.45, 7) is 0.648. The molecule has 46 valence electrons. The minimum absolute atomic E-state index is 0.0602. The Balaban J connectivity index is 2.36. The second-order valence-corrected chi connectivity index (χ2v) is 1.80. The molecule has 1 heterocycles. The van der Waals surface area contributed by atoms with Crippen LogP contribution in [0, 0.1) is 0 Å². The van der Waals surface area contributed by atoms with E-state index in [1.54, 1.807) is 0 Å². The summed E-state index contributed by atoms with van der Waals surface area (Å²) in [5.74, 6) is 0. The second kappa shape index (κ2) is 2.26. The Kier molecular flexibility index (Phi) is 1.62. The highest BCUT2D eigenvalue weighted by atomic mass is 16.5. The number of hydrogen-bond donors (Lipinski definition) is 2. The van der Waals surface area contributed by atoms with E-state index in [1.165, 1.54) is 0 Å². The van der Waals surface area contributed by atoms with Crippen LogP contribution in [0.4, 0.5) is 0 Å². The lowest BCUT2D eigenvalue weighted by Crippen LogP contribution is -2.41. The van der Waals surface area contributed by atoms with Crippen LogP contribution < -0.4 is 11.5 Å². The van der Waals surface area contributed by atoms with Gasteiger partial charge in [0.15, 0.2) is 0 Å². The van der Waals surface area contributed by atoms with E-state index in [0.717, 1.165) is 0 Å². The van der Waals surface area contributed by atoms with Crippen molar-refractivity contribution in [3.8, 4) is 0 Å². The van der Waals surface area contributed by atoms with Gasteiger partial charge in [-0.2, -0.15) is 0 Å². The largest absolute Gasteiger partial charge is 0.367 e. The van der Waals surface area contributed by atoms with Crippen LogP contribution in [0.2, 0.25) is 0 Å². The number of rotatable bonds is 1. The first-order valence-corrected chi connectivity index (χ1v) is 2.60. The Morgan fingerprint density at radius 1 is 1.62 bits per heavy atom. The van der Waals surface area contributed by atoms with E-state index < -0.39 is 0 Å². The van der Waals surface area contributed by atoms with Crippen molar-refractivity contribution in [1.82, 2.24) is 0 Å². The fraction of sp³-hybridized carbons (Fsp3) is 0.600. The maximum absolute atomic E-state index is 5.30. The molecule has 0 aromatic heterocycles. The second-order valence-electron chi connectivity index (χ2n) is 1.80. The molecule has 8 heavy (non-hydrogen) atoms. The molecule has 0 aliphatic carbocycles. The zero-order valence-electron chi connectivity index (χ0n) is 4.58. The summed E-state index contributed by atoms with van der Waals surface area (Å²) in [6.07, 6.45) is 3.37. The predicted octanol–water partition coefficient (Wildman–Crippen LogP) is -0.815. The van der Waals surface area contributed by atoms with E-state index in [1.807, 2.05) is 12.2 Å². The van der Waals surface area contributed by atoms with Gasteiger partial charge in [0, 0.05) is 0 Å². The molecule has 0 aromatic carbocycles. The summed E-state index contributed by atoms with van der Waals surface area (Å²) in [6, 6.07) is 0. The monoisotopic (exact) mass is 114 g/mol. The van der Waals surface area contributed by atoms with Crippen LogP contribution in [0.25, 0.3) is 0 Å². The van der Waals surface area contributed by atoms with Gasteiger partial charge in [-0.05, 0) is 0 Å². The van der Waals surface area contributed by atoms with Gasteiger partial charge >= 0.3 is 0 Å². The van der Waals surface area contributed by atoms with Gasteiger partial charge in [-0.15, -0.1) is 0 Å². The third kappa shape index (κ3) is 1.06. The van der Waals surface area contributed by atoms with E-state index >= 15 is 0 Å². The van der Waals surface area contributed by atoms with Gasteiger partial charge in [-0.1, -0.05) is 12.2 Å². The van der Waals surface area contributed by atoms with Gasteiger partial charge < -0.3 is 16.2 Å². The first-order chi connectivity index (χ1) is 3.80. The summed E-state index contributed by atoms with van der Waals surface area (Å²) in [5, 5.41) is 0. The number of hydrogen-bond acceptors (Lipinski definition) is 3. The Morgan fingerprint density at radius 2 is 2.38 bits per heavy atom. The van der Waals surface area contributed by atoms with Crippen molar-refractivity contribution in [2.45, 2.75) is 12.3 Å². The van der Waals surface area contributed by atoms with Gasteiger partial charge in [0.25, 0.3) is 0 Å². The quantitative estimate of drug-likeness (QED) is 0.346. The van der Waals surface area contributed by atoms with Crippen LogP contribution in [-0.4, -0.2) is 18.9 Å². The fourth-order valence-electron chi connectivity index (χ4n) is 0.651. The molecule has 1 aliphatic heterocycles. The van der Waals surface area contributed by atoms with Crippen LogP contribution in [0.1, 0.15) is 0 Å². The summed E-state index contributed by atoms with van der Waals surface area (Å²) in [7, 11) is 0. The van der Waals surface area contributed by atoms with Crippen LogP contribution in [-0.2, 0) is 4.74 Å². The number of ether oxygens (including phenoxy) is 1. The lowest BCUT2D eigenvalue weighted by atomic mass is 10.3. The van der Waals surface area contributed by atoms with Crippen molar-refractivity contribution in [3.05, 3.63) is 12.2 Å². The summed E-state index contributed by atoms with van der Waals surface area (Å²) >= 11 is 0. The van der Waals surface area contributed by atoms with Gasteiger partial charge in [0.05, 0.1) is 12.8 Å². The highest BCUT2D eigenvalue weighted by Gasteiger charge is 2.13. The zero-order chi connectivity index (χ0) is 5.98. The molecule has 0 amide bonds. The highest BCUT2D eigenvalue weighted by molar-refractivity contribution is 4.98. The Morgan fingerprint density at radius 3 is 2.62 bits per heavy atom. The molecule has 0 saturated carbocycles. The van der Waals surface area contributed by atoms with E-state index in [2.05, 4.69) is 0 Å². The Labute approximate surface area is 48.3 Å². The van der Waals surface area contributed by atoms with Crippen molar-refractivity contribution < 1.29 is 4.74 Å². The molecule has 0 saturated heterocycles. The molecule has 0 aromatic rings. The first kappa shape index (κ1) is 5.75. The topological polar surface area (TPSA) is 61.3 Å². The van der Waals surface area contributed by atoms with Gasteiger partial charge in [0.1, 0.15) is 6.10 Å². The zero-order valence-corrected chi connectivity index (χ0v) is 4.58. The molecular weight excluding hydrogens is 104 g/mol. The lowest BCUT2D eigenvalue weighted by Gasteiger charge is -2.10. The fourth-order valence-corrected chi connectivity index (χ4v) is 0.651. The maximum Gasteiger partial charge on any atom is 0.104 e. The van der Waals surface area contributed by atoms with Crippen LogP contribution >= 0.6 is 0 Å². The Bertz CT molecular complexity index is 101. The summed E-state index contributed by atoms with van der Waals surface area (Å²) in [5.41, 5.74) is 10.6. The van der Waals surface area contributed by atoms with E-state index in [4.69, 9.17) is 16.2 Å². The highest BCUT2D eigenvalue weighted by Crippen LogP contribution is 2.02. The van der Waals surface area contributed by atoms with Crippen LogP contribution in [0.15, 0.2) is 12.2 Å². The van der Waals surface area contributed by atoms with Gasteiger partial charge in [-0.3, -0.25) is 0 Å². The minimum Gasteiger partial charge on any atom is -0.367 e. The normalized spacial score (nSPS) is 27.6. The average Bonchev–Trinajstić information content (AvgIpc) is 2.12. The molecule has 0 fully saturated rings. The molecule has 1 atom stereocenters. The van der Waals surface area contributed by atoms with Crippen molar-refractivity contribution >= 4 is 0 Å². The van der Waals surface area contributed by atoms with Crippen LogP contribution in [0.3, 0.4) is 0 Å². The molecule has 1 unspecified atom stereocenters. The van der Waals surface area contributed by atoms with Gasteiger partial charge in [-0.25, -0.2) is 0 Å². The first-order valence-electron chi connectivity index (χ1n) is 2.60. The van der Waals surface area contributed by atoms with Crippen molar-refractivity contribution in [2.24, 2.45) is 11.5 Å². The third-order valence-corrected chi connectivity index (χ3v) is 1.09. The lowest BCUT2D eigenvalue weighted by molar-refractivity contribution is 0.109. The van der Waals surface area contributed by atoms with Crippen molar-refractivity contribution in [1.29, 1.82) is 0 Å². The standard InChI is InChI=1S/C5H10N2O/c6-5(7)4-2-1-3-8-4/h1-2,4-5H,3,6-7H2. The summed E-state index contributed by atoms with van der Waals surface area (Å²) in [4.78, 5) is 0. The Hall–Kier alpha value is -0.380. The SMILES string of the molecule is NC(N)C1C=CCO1. The maximum atomic E-state index is 5.30. The minimum atomic E-state index is -0.367. The molecule has 1 rings (SSSR count). The predicted molar refractivity (Wildman–Crippen MR) is 31.0 cm³/mol. The molecule has 3 heteroatoms. The smallest absolute Gasteiger partial charge is 0.104 e. The van der Waals surface area contributed by atoms with Gasteiger partial charge in [0.2, 0.25) is 0 Å². The molecule has 0 radical (unpaired) electrons. The molecule has 3 nitrogen and oxygen atoms in total.